The van der Waals surface area contributed by atoms with E-state index in [0.717, 1.165) is 23.1 Å². The Morgan fingerprint density at radius 2 is 1.71 bits per heavy atom. The molecule has 24 heavy (non-hydrogen) atoms. The molecule has 0 spiro atoms. The maximum absolute atomic E-state index is 13.0. The van der Waals surface area contributed by atoms with E-state index in [2.05, 4.69) is 6.92 Å². The van der Waals surface area contributed by atoms with Crippen LogP contribution in [0, 0.1) is 18.3 Å². The zero-order valence-corrected chi connectivity index (χ0v) is 14.5. The van der Waals surface area contributed by atoms with Crippen LogP contribution in [0.5, 0.6) is 0 Å². The third-order valence-corrected chi connectivity index (χ3v) is 7.06. The van der Waals surface area contributed by atoms with Crippen molar-refractivity contribution in [3.05, 3.63) is 65.2 Å². The van der Waals surface area contributed by atoms with E-state index in [0.29, 0.717) is 0 Å². The smallest absolute Gasteiger partial charge is 0.184 e. The molecule has 1 aliphatic rings. The highest BCUT2D eigenvalue weighted by Gasteiger charge is 2.70. The summed E-state index contributed by atoms with van der Waals surface area (Å²) in [6.07, 6.45) is 0.905. The molecule has 0 aliphatic heterocycles. The average Bonchev–Trinajstić information content (AvgIpc) is 3.23. The Morgan fingerprint density at radius 1 is 1.12 bits per heavy atom. The molecule has 0 heterocycles. The maximum atomic E-state index is 13.0. The van der Waals surface area contributed by atoms with Gasteiger partial charge in [-0.25, -0.2) is 8.42 Å². The molecule has 3 rings (SSSR count). The predicted octanol–water partition coefficient (Wildman–Crippen LogP) is 2.72. The minimum absolute atomic E-state index is 0.218. The van der Waals surface area contributed by atoms with Gasteiger partial charge in [-0.1, -0.05) is 48.9 Å². The van der Waals surface area contributed by atoms with E-state index in [-0.39, 0.29) is 4.90 Å². The van der Waals surface area contributed by atoms with Gasteiger partial charge in [-0.3, -0.25) is 0 Å². The lowest BCUT2D eigenvalue weighted by Crippen LogP contribution is -2.29. The molecule has 0 radical (unpaired) electrons. The quantitative estimate of drug-likeness (QED) is 0.927. The molecule has 2 aromatic carbocycles. The minimum atomic E-state index is -3.66. The fourth-order valence-corrected chi connectivity index (χ4v) is 5.41. The SMILES string of the molecule is CCc1ccc([C@H]2[C@H](S(=O)(=O)c3ccc(C)cc3)[C@@]2(N)C#N)cc1. The van der Waals surface area contributed by atoms with Crippen molar-refractivity contribution >= 4 is 9.84 Å². The first kappa shape index (κ1) is 16.7. The van der Waals surface area contributed by atoms with Crippen LogP contribution in [0.3, 0.4) is 0 Å². The summed E-state index contributed by atoms with van der Waals surface area (Å²) in [5.41, 5.74) is 7.72. The van der Waals surface area contributed by atoms with Gasteiger partial charge >= 0.3 is 0 Å². The van der Waals surface area contributed by atoms with Crippen molar-refractivity contribution < 1.29 is 8.42 Å². The number of aryl methyl sites for hydroxylation is 2. The summed E-state index contributed by atoms with van der Waals surface area (Å²) in [7, 11) is -3.66. The van der Waals surface area contributed by atoms with Gasteiger partial charge in [-0.2, -0.15) is 5.26 Å². The lowest BCUT2D eigenvalue weighted by molar-refractivity contribution is 0.592. The van der Waals surface area contributed by atoms with Gasteiger partial charge in [-0.05, 0) is 36.6 Å². The van der Waals surface area contributed by atoms with Crippen LogP contribution >= 0.6 is 0 Å². The number of benzene rings is 2. The number of nitriles is 1. The molecule has 0 saturated heterocycles. The zero-order valence-electron chi connectivity index (χ0n) is 13.7. The van der Waals surface area contributed by atoms with Gasteiger partial charge in [0, 0.05) is 5.92 Å². The van der Waals surface area contributed by atoms with Crippen molar-refractivity contribution in [1.29, 1.82) is 5.26 Å². The van der Waals surface area contributed by atoms with Crippen molar-refractivity contribution in [2.45, 2.75) is 41.9 Å². The number of hydrogen-bond acceptors (Lipinski definition) is 4. The molecule has 2 N–H and O–H groups in total. The molecule has 1 fully saturated rings. The Balaban J connectivity index is 2.00. The number of nitrogens with zero attached hydrogens (tertiary/aromatic N) is 1. The topological polar surface area (TPSA) is 83.9 Å². The summed E-state index contributed by atoms with van der Waals surface area (Å²) in [4.78, 5) is 0.218. The molecule has 3 atom stereocenters. The normalized spacial score (nSPS) is 25.9. The lowest BCUT2D eigenvalue weighted by Gasteiger charge is -2.05. The van der Waals surface area contributed by atoms with Crippen LogP contribution in [0.25, 0.3) is 0 Å². The zero-order chi connectivity index (χ0) is 17.5. The molecule has 0 amide bonds. The standard InChI is InChI=1S/C19H20N2O2S/c1-3-14-6-8-15(9-7-14)17-18(19(17,21)12-20)24(22,23)16-10-4-13(2)5-11-16/h4-11,17-18H,3,21H2,1-2H3/t17-,18-,19+/m0/s1. The van der Waals surface area contributed by atoms with E-state index in [1.165, 1.54) is 0 Å². The first-order valence-electron chi connectivity index (χ1n) is 7.94. The van der Waals surface area contributed by atoms with Crippen LogP contribution in [0.1, 0.15) is 29.5 Å². The van der Waals surface area contributed by atoms with Crippen LogP contribution in [0.4, 0.5) is 0 Å². The van der Waals surface area contributed by atoms with Crippen LogP contribution in [-0.4, -0.2) is 19.2 Å². The van der Waals surface area contributed by atoms with Gasteiger partial charge < -0.3 is 5.73 Å². The molecule has 124 valence electrons. The van der Waals surface area contributed by atoms with Gasteiger partial charge in [0.2, 0.25) is 0 Å². The van der Waals surface area contributed by atoms with E-state index in [1.54, 1.807) is 24.3 Å². The Hall–Kier alpha value is -2.16. The maximum Gasteiger partial charge on any atom is 0.184 e. The second-order valence-corrected chi connectivity index (χ2v) is 8.47. The van der Waals surface area contributed by atoms with Crippen LogP contribution in [0.2, 0.25) is 0 Å². The molecule has 1 saturated carbocycles. The summed E-state index contributed by atoms with van der Waals surface area (Å²) in [6, 6.07) is 16.4. The van der Waals surface area contributed by atoms with E-state index >= 15 is 0 Å². The largest absolute Gasteiger partial charge is 0.312 e. The first-order chi connectivity index (χ1) is 11.3. The minimum Gasteiger partial charge on any atom is -0.312 e. The predicted molar refractivity (Wildman–Crippen MR) is 93.2 cm³/mol. The van der Waals surface area contributed by atoms with Crippen LogP contribution in [0.15, 0.2) is 53.4 Å². The summed E-state index contributed by atoms with van der Waals surface area (Å²) in [5, 5.41) is 8.57. The Labute approximate surface area is 142 Å². The van der Waals surface area contributed by atoms with E-state index in [4.69, 9.17) is 5.73 Å². The van der Waals surface area contributed by atoms with Crippen molar-refractivity contribution in [2.24, 2.45) is 5.73 Å². The number of hydrogen-bond donors (Lipinski definition) is 1. The molecule has 0 bridgehead atoms. The van der Waals surface area contributed by atoms with Gasteiger partial charge in [0.25, 0.3) is 0 Å². The summed E-state index contributed by atoms with van der Waals surface area (Å²) in [6.45, 7) is 3.95. The highest BCUT2D eigenvalue weighted by molar-refractivity contribution is 7.92. The summed E-state index contributed by atoms with van der Waals surface area (Å²) < 4.78 is 25.9. The summed E-state index contributed by atoms with van der Waals surface area (Å²) in [5.74, 6) is -0.500. The van der Waals surface area contributed by atoms with Crippen molar-refractivity contribution in [3.63, 3.8) is 0 Å². The van der Waals surface area contributed by atoms with Crippen LogP contribution < -0.4 is 5.73 Å². The monoisotopic (exact) mass is 340 g/mol. The third kappa shape index (κ3) is 2.52. The molecule has 1 aliphatic carbocycles. The third-order valence-electron chi connectivity index (χ3n) is 4.80. The molecular weight excluding hydrogens is 320 g/mol. The van der Waals surface area contributed by atoms with Gasteiger partial charge in [0.1, 0.15) is 10.8 Å². The number of nitrogens with two attached hydrogens (primary N) is 1. The van der Waals surface area contributed by atoms with Gasteiger partial charge in [0.15, 0.2) is 9.84 Å². The first-order valence-corrected chi connectivity index (χ1v) is 9.48. The highest BCUT2D eigenvalue weighted by atomic mass is 32.2. The Bertz CT molecular complexity index is 896. The van der Waals surface area contributed by atoms with Crippen molar-refractivity contribution in [1.82, 2.24) is 0 Å². The molecule has 2 aromatic rings. The Morgan fingerprint density at radius 3 is 2.21 bits per heavy atom. The van der Waals surface area contributed by atoms with E-state index < -0.39 is 26.5 Å². The fourth-order valence-electron chi connectivity index (χ4n) is 3.23. The Kier molecular flexibility index (Phi) is 3.98. The lowest BCUT2D eigenvalue weighted by atomic mass is 10.0. The van der Waals surface area contributed by atoms with Crippen LogP contribution in [-0.2, 0) is 16.3 Å². The van der Waals surface area contributed by atoms with E-state index in [1.807, 2.05) is 37.3 Å². The van der Waals surface area contributed by atoms with Crippen molar-refractivity contribution in [2.75, 3.05) is 0 Å². The molecular formula is C19H20N2O2S. The average molecular weight is 340 g/mol. The molecule has 4 nitrogen and oxygen atoms in total. The molecule has 5 heteroatoms. The van der Waals surface area contributed by atoms with Gasteiger partial charge in [0.05, 0.1) is 11.0 Å². The second-order valence-electron chi connectivity index (χ2n) is 6.40. The highest BCUT2D eigenvalue weighted by Crippen LogP contribution is 2.55. The fraction of sp³-hybridized carbons (Fsp3) is 0.316. The number of sulfone groups is 1. The van der Waals surface area contributed by atoms with E-state index in [9.17, 15) is 13.7 Å². The summed E-state index contributed by atoms with van der Waals surface area (Å²) >= 11 is 0. The molecule has 0 unspecified atom stereocenters. The number of rotatable bonds is 4. The van der Waals surface area contributed by atoms with Gasteiger partial charge in [-0.15, -0.1) is 0 Å². The van der Waals surface area contributed by atoms with Crippen molar-refractivity contribution in [3.8, 4) is 6.07 Å². The second kappa shape index (κ2) is 5.73. The molecule has 0 aromatic heterocycles.